The van der Waals surface area contributed by atoms with Crippen molar-refractivity contribution in [1.29, 1.82) is 0 Å². The molecular formula is C29H29Cl2N5O5. The molecule has 4 rings (SSSR count). The number of aryl methyl sites for hydroxylation is 1. The monoisotopic (exact) mass is 597 g/mol. The average molecular weight is 598 g/mol. The van der Waals surface area contributed by atoms with Crippen molar-refractivity contribution in [2.75, 3.05) is 19.0 Å². The molecule has 1 unspecified atom stereocenters. The van der Waals surface area contributed by atoms with Gasteiger partial charge in [0.2, 0.25) is 5.88 Å². The third kappa shape index (κ3) is 6.36. The number of halogens is 2. The number of carbonyl (C=O) groups excluding carboxylic acids is 1. The van der Waals surface area contributed by atoms with Gasteiger partial charge in [0.1, 0.15) is 5.56 Å². The second-order valence-corrected chi connectivity index (χ2v) is 10.2. The maximum atomic E-state index is 13.0. The molecular weight excluding hydrogens is 569 g/mol. The number of aromatic nitrogens is 3. The predicted octanol–water partition coefficient (Wildman–Crippen LogP) is 3.85. The topological polar surface area (TPSA) is 127 Å². The Morgan fingerprint density at radius 1 is 1.02 bits per heavy atom. The summed E-state index contributed by atoms with van der Waals surface area (Å²) >= 11 is 13.6. The zero-order valence-electron chi connectivity index (χ0n) is 22.9. The van der Waals surface area contributed by atoms with Crippen LogP contribution in [0.2, 0.25) is 10.0 Å². The number of aliphatic hydroxyl groups excluding tert-OH is 1. The van der Waals surface area contributed by atoms with Crippen molar-refractivity contribution < 1.29 is 14.6 Å². The Morgan fingerprint density at radius 3 is 2.37 bits per heavy atom. The molecule has 10 nitrogen and oxygen atoms in total. The second kappa shape index (κ2) is 12.7. The number of benzene rings is 2. The second-order valence-electron chi connectivity index (χ2n) is 9.43. The Hall–Kier alpha value is -3.96. The number of pyridine rings is 1. The standard InChI is InChI=1S/C29H29Cl2N5O5/c1-16(37)13-32-14-17-11-12-22(34-27(17)41-4)20-9-5-7-18(24(20)30)19-8-6-10-23(25(19)31)33-26(38)21-15-35(2)29(40)36(3)28(21)39/h5-12,15-16,32,37H,13-14H2,1-4H3,(H,33,38). The number of nitrogens with one attached hydrogen (secondary N) is 2. The fourth-order valence-corrected chi connectivity index (χ4v) is 4.87. The van der Waals surface area contributed by atoms with E-state index in [1.807, 2.05) is 24.3 Å². The molecule has 0 aliphatic carbocycles. The summed E-state index contributed by atoms with van der Waals surface area (Å²) in [6.45, 7) is 2.60. The average Bonchev–Trinajstić information content (AvgIpc) is 2.95. The summed E-state index contributed by atoms with van der Waals surface area (Å²) in [4.78, 5) is 42.1. The van der Waals surface area contributed by atoms with Gasteiger partial charge in [-0.2, -0.15) is 0 Å². The Bertz CT molecular complexity index is 1730. The number of hydrogen-bond acceptors (Lipinski definition) is 7. The van der Waals surface area contributed by atoms with E-state index >= 15 is 0 Å². The molecule has 0 radical (unpaired) electrons. The lowest BCUT2D eigenvalue weighted by Crippen LogP contribution is -2.40. The van der Waals surface area contributed by atoms with Gasteiger partial charge in [-0.3, -0.25) is 14.2 Å². The molecule has 214 valence electrons. The van der Waals surface area contributed by atoms with Crippen LogP contribution in [-0.2, 0) is 20.6 Å². The number of rotatable bonds is 9. The van der Waals surface area contributed by atoms with E-state index in [1.165, 1.54) is 27.4 Å². The maximum Gasteiger partial charge on any atom is 0.330 e. The first-order valence-electron chi connectivity index (χ1n) is 12.6. The predicted molar refractivity (Wildman–Crippen MR) is 160 cm³/mol. The molecule has 0 saturated carbocycles. The molecule has 0 aliphatic heterocycles. The van der Waals surface area contributed by atoms with E-state index in [-0.39, 0.29) is 16.3 Å². The van der Waals surface area contributed by atoms with E-state index in [2.05, 4.69) is 15.6 Å². The van der Waals surface area contributed by atoms with E-state index in [9.17, 15) is 19.5 Å². The number of carbonyl (C=O) groups is 1. The Labute approximate surface area is 246 Å². The number of hydrogen-bond donors (Lipinski definition) is 3. The molecule has 0 fully saturated rings. The highest BCUT2D eigenvalue weighted by molar-refractivity contribution is 6.39. The van der Waals surface area contributed by atoms with Gasteiger partial charge < -0.3 is 25.0 Å². The first-order chi connectivity index (χ1) is 19.5. The number of ether oxygens (including phenoxy) is 1. The lowest BCUT2D eigenvalue weighted by atomic mass is 10.00. The number of aliphatic hydroxyl groups is 1. The van der Waals surface area contributed by atoms with Crippen LogP contribution in [0.1, 0.15) is 22.8 Å². The van der Waals surface area contributed by atoms with Gasteiger partial charge in [-0.1, -0.05) is 59.6 Å². The normalized spacial score (nSPS) is 11.8. The minimum atomic E-state index is -0.721. The lowest BCUT2D eigenvalue weighted by Gasteiger charge is -2.15. The molecule has 0 spiro atoms. The highest BCUT2D eigenvalue weighted by atomic mass is 35.5. The van der Waals surface area contributed by atoms with Crippen LogP contribution in [0.25, 0.3) is 22.4 Å². The zero-order valence-corrected chi connectivity index (χ0v) is 24.4. The van der Waals surface area contributed by atoms with Crippen LogP contribution in [0.4, 0.5) is 5.69 Å². The molecule has 2 heterocycles. The van der Waals surface area contributed by atoms with Crippen LogP contribution in [0.15, 0.2) is 64.3 Å². The van der Waals surface area contributed by atoms with Gasteiger partial charge in [-0.05, 0) is 19.1 Å². The van der Waals surface area contributed by atoms with E-state index < -0.39 is 23.3 Å². The van der Waals surface area contributed by atoms with Crippen molar-refractivity contribution in [2.45, 2.75) is 19.6 Å². The maximum absolute atomic E-state index is 13.0. The molecule has 3 N–H and O–H groups in total. The van der Waals surface area contributed by atoms with E-state index in [0.29, 0.717) is 46.4 Å². The Morgan fingerprint density at radius 2 is 1.68 bits per heavy atom. The van der Waals surface area contributed by atoms with Gasteiger partial charge in [-0.25, -0.2) is 9.78 Å². The van der Waals surface area contributed by atoms with Crippen LogP contribution >= 0.6 is 23.2 Å². The summed E-state index contributed by atoms with van der Waals surface area (Å²) in [5, 5.41) is 15.9. The molecule has 0 saturated heterocycles. The molecule has 0 bridgehead atoms. The number of anilines is 1. The molecule has 12 heteroatoms. The van der Waals surface area contributed by atoms with Crippen molar-refractivity contribution in [1.82, 2.24) is 19.4 Å². The van der Waals surface area contributed by atoms with Gasteiger partial charge in [-0.15, -0.1) is 0 Å². The van der Waals surface area contributed by atoms with Crippen molar-refractivity contribution in [3.05, 3.63) is 96.7 Å². The number of nitrogens with zero attached hydrogens (tertiary/aromatic N) is 3. The van der Waals surface area contributed by atoms with Crippen molar-refractivity contribution in [3.63, 3.8) is 0 Å². The minimum absolute atomic E-state index is 0.208. The summed E-state index contributed by atoms with van der Waals surface area (Å²) in [6, 6.07) is 14.2. The van der Waals surface area contributed by atoms with Gasteiger partial charge in [0, 0.05) is 55.6 Å². The fraction of sp³-hybridized carbons (Fsp3) is 0.241. The molecule has 2 aromatic carbocycles. The first kappa shape index (κ1) is 30.0. The van der Waals surface area contributed by atoms with E-state index in [1.54, 1.807) is 31.2 Å². The summed E-state index contributed by atoms with van der Waals surface area (Å²) in [6.07, 6.45) is 0.711. The van der Waals surface area contributed by atoms with Gasteiger partial charge in [0.05, 0.1) is 34.6 Å². The van der Waals surface area contributed by atoms with Crippen molar-refractivity contribution >= 4 is 34.8 Å². The van der Waals surface area contributed by atoms with Crippen LogP contribution in [0.5, 0.6) is 5.88 Å². The highest BCUT2D eigenvalue weighted by Gasteiger charge is 2.19. The summed E-state index contributed by atoms with van der Waals surface area (Å²) < 4.78 is 7.51. The van der Waals surface area contributed by atoms with Gasteiger partial charge >= 0.3 is 5.69 Å². The lowest BCUT2D eigenvalue weighted by molar-refractivity contribution is 0.102. The highest BCUT2D eigenvalue weighted by Crippen LogP contribution is 2.41. The van der Waals surface area contributed by atoms with Gasteiger partial charge in [0.15, 0.2) is 0 Å². The van der Waals surface area contributed by atoms with Crippen LogP contribution < -0.4 is 26.6 Å². The van der Waals surface area contributed by atoms with E-state index in [4.69, 9.17) is 27.9 Å². The summed E-state index contributed by atoms with van der Waals surface area (Å²) in [7, 11) is 4.29. The third-order valence-electron chi connectivity index (χ3n) is 6.39. The van der Waals surface area contributed by atoms with Crippen molar-refractivity contribution in [2.24, 2.45) is 14.1 Å². The van der Waals surface area contributed by atoms with Crippen molar-refractivity contribution in [3.8, 4) is 28.3 Å². The Kier molecular flexibility index (Phi) is 9.29. The SMILES string of the molecule is COc1nc(-c2cccc(-c3cccc(NC(=O)c4cn(C)c(=O)n(C)c4=O)c3Cl)c2Cl)ccc1CNCC(C)O. The molecule has 1 amide bonds. The number of amides is 1. The fourth-order valence-electron chi connectivity index (χ4n) is 4.27. The first-order valence-corrected chi connectivity index (χ1v) is 13.4. The quantitative estimate of drug-likeness (QED) is 0.267. The molecule has 2 aromatic heterocycles. The number of methoxy groups -OCH3 is 1. The zero-order chi connectivity index (χ0) is 29.8. The largest absolute Gasteiger partial charge is 0.481 e. The molecule has 1 atom stereocenters. The van der Waals surface area contributed by atoms with Crippen LogP contribution in [0.3, 0.4) is 0 Å². The van der Waals surface area contributed by atoms with E-state index in [0.717, 1.165) is 14.7 Å². The minimum Gasteiger partial charge on any atom is -0.481 e. The summed E-state index contributed by atoms with van der Waals surface area (Å²) in [5.74, 6) is -0.284. The Balaban J connectivity index is 1.67. The smallest absolute Gasteiger partial charge is 0.330 e. The third-order valence-corrected chi connectivity index (χ3v) is 7.20. The van der Waals surface area contributed by atoms with Crippen LogP contribution in [0, 0.1) is 0 Å². The molecule has 41 heavy (non-hydrogen) atoms. The molecule has 4 aromatic rings. The molecule has 0 aliphatic rings. The summed E-state index contributed by atoms with van der Waals surface area (Å²) in [5.41, 5.74) is 1.99. The van der Waals surface area contributed by atoms with Gasteiger partial charge in [0.25, 0.3) is 11.5 Å². The van der Waals surface area contributed by atoms with Crippen LogP contribution in [-0.4, -0.2) is 44.9 Å².